The normalized spacial score (nSPS) is 21.8. The number of hydrogen-bond donors (Lipinski definition) is 3. The number of hydrogen-bond acceptors (Lipinski definition) is 9. The summed E-state index contributed by atoms with van der Waals surface area (Å²) in [7, 11) is -4.40. The average molecular weight is 885 g/mol. The van der Waals surface area contributed by atoms with E-state index in [0.717, 1.165) is 86.2 Å². The molecule has 0 atom stereocenters. The van der Waals surface area contributed by atoms with Gasteiger partial charge >= 0.3 is 0 Å². The van der Waals surface area contributed by atoms with Gasteiger partial charge in [-0.2, -0.15) is 0 Å². The van der Waals surface area contributed by atoms with Crippen LogP contribution in [0.2, 0.25) is 10.0 Å². The van der Waals surface area contributed by atoms with Crippen molar-refractivity contribution in [3.05, 3.63) is 112 Å². The Kier molecular flexibility index (Phi) is 11.6. The van der Waals surface area contributed by atoms with Gasteiger partial charge in [-0.1, -0.05) is 40.9 Å². The van der Waals surface area contributed by atoms with Crippen molar-refractivity contribution in [1.29, 1.82) is 0 Å². The van der Waals surface area contributed by atoms with Gasteiger partial charge in [0, 0.05) is 66.6 Å². The van der Waals surface area contributed by atoms with Crippen molar-refractivity contribution in [3.8, 4) is 17.4 Å². The maximum Gasteiger partial charge on any atom is 0.268 e. The second kappa shape index (κ2) is 16.9. The molecule has 0 radical (unpaired) electrons. The first-order chi connectivity index (χ1) is 29.3. The molecule has 5 aromatic rings. The second-order valence-corrected chi connectivity index (χ2v) is 20.2. The van der Waals surface area contributed by atoms with Gasteiger partial charge in [-0.15, -0.1) is 0 Å². The van der Waals surface area contributed by atoms with Crippen LogP contribution in [0.3, 0.4) is 0 Å². The first kappa shape index (κ1) is 41.7. The Balaban J connectivity index is 0.899. The molecule has 4 aliphatic rings. The summed E-state index contributed by atoms with van der Waals surface area (Å²) in [4.78, 5) is 25.8. The number of benzene rings is 3. The number of nitrogens with zero attached hydrogens (tertiary/aromatic N) is 3. The number of aromatic amines is 1. The molecule has 1 saturated heterocycles. The molecule has 3 heterocycles. The first-order valence-electron chi connectivity index (χ1n) is 21.2. The van der Waals surface area contributed by atoms with Gasteiger partial charge in [-0.25, -0.2) is 18.1 Å². The minimum Gasteiger partial charge on any atom is -0.476 e. The molecule has 0 unspecified atom stereocenters. The van der Waals surface area contributed by atoms with Gasteiger partial charge in [0.2, 0.25) is 5.88 Å². The summed E-state index contributed by atoms with van der Waals surface area (Å²) < 4.78 is 41.7. The van der Waals surface area contributed by atoms with Crippen molar-refractivity contribution in [2.24, 2.45) is 11.3 Å². The molecule has 3 aliphatic carbocycles. The number of H-pyrrole nitrogens is 1. The number of nitrogens with one attached hydrogen (secondary N) is 2. The van der Waals surface area contributed by atoms with Crippen molar-refractivity contribution < 1.29 is 27.8 Å². The Morgan fingerprint density at radius 1 is 0.951 bits per heavy atom. The number of carbonyl (C=O) groups is 1. The van der Waals surface area contributed by atoms with E-state index in [1.165, 1.54) is 42.0 Å². The molecule has 14 heteroatoms. The topological polar surface area (TPSA) is 137 Å². The number of aliphatic hydroxyl groups is 1. The quantitative estimate of drug-likeness (QED) is 0.112. The molecule has 0 bridgehead atoms. The number of anilines is 1. The van der Waals surface area contributed by atoms with E-state index in [1.807, 2.05) is 55.6 Å². The van der Waals surface area contributed by atoms with Crippen LogP contribution in [0.4, 0.5) is 5.69 Å². The molecular weight excluding hydrogens is 834 g/mol. The van der Waals surface area contributed by atoms with Crippen LogP contribution in [0.25, 0.3) is 16.5 Å². The minimum absolute atomic E-state index is 0.0101. The Hall–Kier alpha value is -4.59. The molecule has 2 saturated carbocycles. The summed E-state index contributed by atoms with van der Waals surface area (Å²) in [5.41, 5.74) is 6.00. The lowest BCUT2D eigenvalue weighted by molar-refractivity contribution is 0.00127. The van der Waals surface area contributed by atoms with E-state index < -0.39 is 21.5 Å². The average Bonchev–Trinajstić information content (AvgIpc) is 3.83. The maximum absolute atomic E-state index is 13.9. The summed E-state index contributed by atoms with van der Waals surface area (Å²) in [6.45, 7) is 6.42. The Morgan fingerprint density at radius 2 is 1.72 bits per heavy atom. The molecule has 9 rings (SSSR count). The summed E-state index contributed by atoms with van der Waals surface area (Å²) in [6.07, 6.45) is 12.1. The van der Waals surface area contributed by atoms with Crippen LogP contribution in [0.15, 0.2) is 95.7 Å². The highest BCUT2D eigenvalue weighted by Crippen LogP contribution is 2.59. The number of amides is 1. The predicted octanol–water partition coefficient (Wildman–Crippen LogP) is 9.64. The van der Waals surface area contributed by atoms with Gasteiger partial charge in [0.1, 0.15) is 21.4 Å². The fourth-order valence-electron chi connectivity index (χ4n) is 9.09. The van der Waals surface area contributed by atoms with Crippen molar-refractivity contribution in [3.63, 3.8) is 0 Å². The summed E-state index contributed by atoms with van der Waals surface area (Å²) >= 11 is 12.7. The number of aromatic nitrogens is 2. The van der Waals surface area contributed by atoms with Gasteiger partial charge in [0.05, 0.1) is 24.0 Å². The SMILES string of the molecule is CC1(O)CCC(COc2ncc(S(=O)(=O)NC(=O)c3ccc(N4CCN(CC5=C(c6ccc(Cl)cc6)CC6(CC5)CC6)CC4)cc3Oc3ccc4[nH]ccc4c3)cc2Cl)CC1. The van der Waals surface area contributed by atoms with Crippen LogP contribution >= 0.6 is 23.2 Å². The van der Waals surface area contributed by atoms with E-state index in [9.17, 15) is 18.3 Å². The molecule has 2 aromatic heterocycles. The van der Waals surface area contributed by atoms with Crippen molar-refractivity contribution >= 4 is 61.3 Å². The number of sulfonamides is 1. The van der Waals surface area contributed by atoms with E-state index in [0.29, 0.717) is 30.6 Å². The lowest BCUT2D eigenvalue weighted by Gasteiger charge is -2.38. The number of piperazine rings is 1. The maximum atomic E-state index is 13.9. The molecular formula is C47H51Cl2N5O6S. The zero-order chi connectivity index (χ0) is 42.4. The molecule has 3 aromatic carbocycles. The summed E-state index contributed by atoms with van der Waals surface area (Å²) in [5.74, 6) is 0.203. The third-order valence-corrected chi connectivity index (χ3v) is 15.0. The van der Waals surface area contributed by atoms with E-state index in [1.54, 1.807) is 12.1 Å². The van der Waals surface area contributed by atoms with E-state index in [-0.39, 0.29) is 33.0 Å². The molecule has 61 heavy (non-hydrogen) atoms. The number of halogens is 2. The van der Waals surface area contributed by atoms with Crippen LogP contribution in [0.5, 0.6) is 17.4 Å². The van der Waals surface area contributed by atoms with Crippen LogP contribution in [-0.2, 0) is 10.0 Å². The second-order valence-electron chi connectivity index (χ2n) is 17.7. The molecule has 320 valence electrons. The van der Waals surface area contributed by atoms with Gasteiger partial charge < -0.3 is 24.5 Å². The molecule has 1 aliphatic heterocycles. The smallest absolute Gasteiger partial charge is 0.268 e. The largest absolute Gasteiger partial charge is 0.476 e. The molecule has 3 N–H and O–H groups in total. The highest BCUT2D eigenvalue weighted by Gasteiger charge is 2.45. The van der Waals surface area contributed by atoms with Crippen LogP contribution in [0.1, 0.15) is 80.6 Å². The molecule has 3 fully saturated rings. The van der Waals surface area contributed by atoms with E-state index in [4.69, 9.17) is 32.7 Å². The van der Waals surface area contributed by atoms with Gasteiger partial charge in [-0.3, -0.25) is 9.69 Å². The first-order valence-corrected chi connectivity index (χ1v) is 23.5. The van der Waals surface area contributed by atoms with Gasteiger partial charge in [-0.05, 0) is 142 Å². The van der Waals surface area contributed by atoms with Crippen molar-refractivity contribution in [2.75, 3.05) is 44.2 Å². The van der Waals surface area contributed by atoms with Crippen molar-refractivity contribution in [1.82, 2.24) is 19.6 Å². The number of carbonyl (C=O) groups excluding carboxylic acids is 1. The number of rotatable bonds is 12. The van der Waals surface area contributed by atoms with Crippen molar-refractivity contribution in [2.45, 2.75) is 75.2 Å². The Labute approximate surface area is 367 Å². The lowest BCUT2D eigenvalue weighted by atomic mass is 9.78. The third kappa shape index (κ3) is 9.59. The van der Waals surface area contributed by atoms with E-state index >= 15 is 0 Å². The predicted molar refractivity (Wildman–Crippen MR) is 239 cm³/mol. The molecule has 1 amide bonds. The highest BCUT2D eigenvalue weighted by molar-refractivity contribution is 7.90. The standard InChI is InChI=1S/C47H51Cl2N5O6S/c1-46(56)14-10-31(11-15-46)30-59-45-41(49)26-38(28-51-45)61(57,58)52-44(55)39-8-6-36(25-43(39)60-37-7-9-42-33(24-37)13-19-50-42)54-22-20-53(21-23-54)29-34-12-16-47(17-18-47)27-40(34)32-2-4-35(48)5-3-32/h2-9,13,19,24-26,28,31,50,56H,10-12,14-18,20-23,27,29-30H2,1H3,(H,52,55). The van der Waals surface area contributed by atoms with Crippen LogP contribution < -0.4 is 19.1 Å². The number of allylic oxidation sites excluding steroid dienone is 1. The zero-order valence-corrected chi connectivity index (χ0v) is 36.6. The van der Waals surface area contributed by atoms with Crippen LogP contribution in [-0.4, -0.2) is 79.2 Å². The van der Waals surface area contributed by atoms with Gasteiger partial charge in [0.25, 0.3) is 15.9 Å². The summed E-state index contributed by atoms with van der Waals surface area (Å²) in [6, 6.07) is 22.3. The number of pyridine rings is 1. The Bertz CT molecular complexity index is 2570. The van der Waals surface area contributed by atoms with Crippen LogP contribution in [0, 0.1) is 11.3 Å². The fraction of sp³-hybridized carbons (Fsp3) is 0.404. The highest BCUT2D eigenvalue weighted by atomic mass is 35.5. The summed E-state index contributed by atoms with van der Waals surface area (Å²) in [5, 5.41) is 12.0. The Morgan fingerprint density at radius 3 is 2.46 bits per heavy atom. The van der Waals surface area contributed by atoms with E-state index in [2.05, 4.69) is 36.6 Å². The fourth-order valence-corrected chi connectivity index (χ4v) is 10.4. The minimum atomic E-state index is -4.40. The zero-order valence-electron chi connectivity index (χ0n) is 34.3. The third-order valence-electron chi connectivity index (χ3n) is 13.2. The molecule has 1 spiro atoms. The van der Waals surface area contributed by atoms with Gasteiger partial charge in [0.15, 0.2) is 0 Å². The number of fused-ring (bicyclic) bond motifs is 1. The monoisotopic (exact) mass is 883 g/mol. The number of ether oxygens (including phenoxy) is 2. The lowest BCUT2D eigenvalue weighted by Crippen LogP contribution is -2.47. The molecule has 11 nitrogen and oxygen atoms in total.